The van der Waals surface area contributed by atoms with Crippen molar-refractivity contribution in [2.75, 3.05) is 7.11 Å². The maximum Gasteiger partial charge on any atom is 0.216 e. The van der Waals surface area contributed by atoms with E-state index in [0.717, 1.165) is 19.9 Å². The molecule has 0 aromatic rings. The molecule has 0 aromatic heterocycles. The summed E-state index contributed by atoms with van der Waals surface area (Å²) in [6.45, 7) is 2.17. The van der Waals surface area contributed by atoms with Crippen molar-refractivity contribution in [3.63, 3.8) is 0 Å². The van der Waals surface area contributed by atoms with Crippen LogP contribution in [0.4, 0.5) is 0 Å². The summed E-state index contributed by atoms with van der Waals surface area (Å²) in [4.78, 5) is 22.5. The molecule has 1 aliphatic carbocycles. The summed E-state index contributed by atoms with van der Waals surface area (Å²) in [6.07, 6.45) is 0.932. The van der Waals surface area contributed by atoms with Gasteiger partial charge in [-0.1, -0.05) is 0 Å². The van der Waals surface area contributed by atoms with E-state index in [1.165, 1.54) is 7.11 Å². The Bertz CT molecular complexity index is 328. The standard InChI is InChI=1S/C9H12O5/c1-5(10)9(13)7(14-3)4-6(11)8(9,2)12/h4,12-13H,1-3H3/t8-,9-/m1/s1. The van der Waals surface area contributed by atoms with Crippen molar-refractivity contribution in [2.24, 2.45) is 0 Å². The highest BCUT2D eigenvalue weighted by Gasteiger charge is 2.62. The van der Waals surface area contributed by atoms with E-state index >= 15 is 0 Å². The first kappa shape index (κ1) is 10.9. The maximum absolute atomic E-state index is 11.3. The third kappa shape index (κ3) is 1.03. The molecule has 0 amide bonds. The van der Waals surface area contributed by atoms with Crippen LogP contribution in [-0.2, 0) is 14.3 Å². The van der Waals surface area contributed by atoms with Crippen LogP contribution in [0, 0.1) is 0 Å². The van der Waals surface area contributed by atoms with Gasteiger partial charge in [0.1, 0.15) is 5.76 Å². The molecular weight excluding hydrogens is 188 g/mol. The zero-order valence-electron chi connectivity index (χ0n) is 8.20. The Morgan fingerprint density at radius 3 is 2.29 bits per heavy atom. The smallest absolute Gasteiger partial charge is 0.216 e. The van der Waals surface area contributed by atoms with Gasteiger partial charge in [0.05, 0.1) is 7.11 Å². The second kappa shape index (κ2) is 2.90. The Morgan fingerprint density at radius 1 is 1.50 bits per heavy atom. The third-order valence-electron chi connectivity index (χ3n) is 2.53. The number of Topliss-reactive ketones (excluding diaryl/α,β-unsaturated/α-hetero) is 1. The van der Waals surface area contributed by atoms with Crippen LogP contribution < -0.4 is 0 Å². The lowest BCUT2D eigenvalue weighted by molar-refractivity contribution is -0.168. The SMILES string of the molecule is COC1=CC(=O)[C@@](C)(O)[C@@]1(O)C(C)=O. The number of aliphatic hydroxyl groups is 2. The number of ether oxygens (including phenoxy) is 1. The molecule has 0 saturated carbocycles. The van der Waals surface area contributed by atoms with Crippen LogP contribution in [0.25, 0.3) is 0 Å². The molecular formula is C9H12O5. The van der Waals surface area contributed by atoms with Crippen LogP contribution in [0.5, 0.6) is 0 Å². The van der Waals surface area contributed by atoms with E-state index < -0.39 is 22.8 Å². The van der Waals surface area contributed by atoms with E-state index in [1.807, 2.05) is 0 Å². The highest BCUT2D eigenvalue weighted by Crippen LogP contribution is 2.37. The van der Waals surface area contributed by atoms with Crippen molar-refractivity contribution >= 4 is 11.6 Å². The maximum atomic E-state index is 11.3. The van der Waals surface area contributed by atoms with E-state index in [1.54, 1.807) is 0 Å². The summed E-state index contributed by atoms with van der Waals surface area (Å²) in [5.74, 6) is -1.70. The van der Waals surface area contributed by atoms with Crippen LogP contribution in [0.2, 0.25) is 0 Å². The van der Waals surface area contributed by atoms with Gasteiger partial charge in [0.2, 0.25) is 5.60 Å². The molecule has 14 heavy (non-hydrogen) atoms. The number of ketones is 2. The molecule has 2 N–H and O–H groups in total. The van der Waals surface area contributed by atoms with Crippen molar-refractivity contribution in [1.82, 2.24) is 0 Å². The van der Waals surface area contributed by atoms with Crippen LogP contribution in [0.15, 0.2) is 11.8 Å². The molecule has 78 valence electrons. The van der Waals surface area contributed by atoms with Crippen LogP contribution in [0.1, 0.15) is 13.8 Å². The molecule has 0 unspecified atom stereocenters. The first-order valence-corrected chi connectivity index (χ1v) is 4.05. The molecule has 0 aromatic carbocycles. The number of carbonyl (C=O) groups is 2. The minimum atomic E-state index is -2.27. The summed E-state index contributed by atoms with van der Waals surface area (Å²) in [6, 6.07) is 0. The predicted octanol–water partition coefficient (Wildman–Crippen LogP) is -0.829. The Balaban J connectivity index is 3.33. The van der Waals surface area contributed by atoms with Gasteiger partial charge < -0.3 is 14.9 Å². The van der Waals surface area contributed by atoms with Gasteiger partial charge in [0, 0.05) is 6.08 Å². The molecule has 1 aliphatic rings. The molecule has 1 rings (SSSR count). The fourth-order valence-corrected chi connectivity index (χ4v) is 1.51. The van der Waals surface area contributed by atoms with Crippen LogP contribution in [0.3, 0.4) is 0 Å². The van der Waals surface area contributed by atoms with Crippen molar-refractivity contribution in [3.8, 4) is 0 Å². The molecule has 0 spiro atoms. The van der Waals surface area contributed by atoms with Crippen molar-refractivity contribution in [3.05, 3.63) is 11.8 Å². The highest BCUT2D eigenvalue weighted by molar-refractivity contribution is 6.09. The predicted molar refractivity (Wildman–Crippen MR) is 46.4 cm³/mol. The largest absolute Gasteiger partial charge is 0.497 e. The molecule has 2 atom stereocenters. The average Bonchev–Trinajstić information content (AvgIpc) is 2.27. The number of hydrogen-bond acceptors (Lipinski definition) is 5. The van der Waals surface area contributed by atoms with Gasteiger partial charge in [-0.15, -0.1) is 0 Å². The summed E-state index contributed by atoms with van der Waals surface area (Å²) in [5, 5.41) is 19.6. The van der Waals surface area contributed by atoms with Gasteiger partial charge in [0.25, 0.3) is 0 Å². The lowest BCUT2D eigenvalue weighted by Gasteiger charge is -2.32. The van der Waals surface area contributed by atoms with Crippen molar-refractivity contribution in [2.45, 2.75) is 25.0 Å². The monoisotopic (exact) mass is 200 g/mol. The van der Waals surface area contributed by atoms with E-state index in [9.17, 15) is 19.8 Å². The van der Waals surface area contributed by atoms with E-state index in [0.29, 0.717) is 0 Å². The lowest BCUT2D eigenvalue weighted by atomic mass is 9.83. The second-order valence-electron chi connectivity index (χ2n) is 3.42. The highest BCUT2D eigenvalue weighted by atomic mass is 16.5. The molecule has 0 aliphatic heterocycles. The summed E-state index contributed by atoms with van der Waals surface area (Å²) < 4.78 is 4.70. The van der Waals surface area contributed by atoms with Crippen molar-refractivity contribution in [1.29, 1.82) is 0 Å². The number of methoxy groups -OCH3 is 1. The zero-order chi connectivity index (χ0) is 11.1. The Labute approximate surface area is 81.0 Å². The quantitative estimate of drug-likeness (QED) is 0.607. The third-order valence-corrected chi connectivity index (χ3v) is 2.53. The van der Waals surface area contributed by atoms with Crippen LogP contribution >= 0.6 is 0 Å². The van der Waals surface area contributed by atoms with E-state index in [4.69, 9.17) is 4.74 Å². The molecule has 0 heterocycles. The van der Waals surface area contributed by atoms with Crippen molar-refractivity contribution < 1.29 is 24.5 Å². The molecule has 5 nitrogen and oxygen atoms in total. The Kier molecular flexibility index (Phi) is 2.25. The Hall–Kier alpha value is -1.20. The first-order valence-electron chi connectivity index (χ1n) is 4.05. The normalized spacial score (nSPS) is 36.9. The molecule has 0 fully saturated rings. The average molecular weight is 200 g/mol. The lowest BCUT2D eigenvalue weighted by Crippen LogP contribution is -2.58. The minimum absolute atomic E-state index is 0.222. The zero-order valence-corrected chi connectivity index (χ0v) is 8.20. The van der Waals surface area contributed by atoms with Gasteiger partial charge in [-0.2, -0.15) is 0 Å². The summed E-state index contributed by atoms with van der Waals surface area (Å²) in [7, 11) is 1.22. The Morgan fingerprint density at radius 2 is 2.00 bits per heavy atom. The van der Waals surface area contributed by atoms with E-state index in [-0.39, 0.29) is 5.76 Å². The van der Waals surface area contributed by atoms with Gasteiger partial charge >= 0.3 is 0 Å². The molecule has 5 heteroatoms. The minimum Gasteiger partial charge on any atom is -0.497 e. The second-order valence-corrected chi connectivity index (χ2v) is 3.42. The molecule has 0 bridgehead atoms. The summed E-state index contributed by atoms with van der Waals surface area (Å²) >= 11 is 0. The van der Waals surface area contributed by atoms with Gasteiger partial charge in [0.15, 0.2) is 17.2 Å². The number of hydrogen-bond donors (Lipinski definition) is 2. The van der Waals surface area contributed by atoms with Crippen LogP contribution in [-0.4, -0.2) is 40.1 Å². The number of rotatable bonds is 2. The number of carbonyl (C=O) groups excluding carboxylic acids is 2. The fourth-order valence-electron chi connectivity index (χ4n) is 1.51. The molecule has 0 radical (unpaired) electrons. The summed E-state index contributed by atoms with van der Waals surface area (Å²) in [5.41, 5.74) is -4.41. The van der Waals surface area contributed by atoms with Gasteiger partial charge in [-0.05, 0) is 13.8 Å². The van der Waals surface area contributed by atoms with E-state index in [2.05, 4.69) is 0 Å². The van der Waals surface area contributed by atoms with Gasteiger partial charge in [-0.25, -0.2) is 0 Å². The fraction of sp³-hybridized carbons (Fsp3) is 0.556. The topological polar surface area (TPSA) is 83.8 Å². The first-order chi connectivity index (χ1) is 6.28. The molecule has 0 saturated heterocycles. The van der Waals surface area contributed by atoms with Gasteiger partial charge in [-0.3, -0.25) is 9.59 Å².